The van der Waals surface area contributed by atoms with Gasteiger partial charge < -0.3 is 0 Å². The van der Waals surface area contributed by atoms with Gasteiger partial charge in [-0.2, -0.15) is 0 Å². The molecule has 0 aliphatic heterocycles. The highest BCUT2D eigenvalue weighted by molar-refractivity contribution is 6.25. The van der Waals surface area contributed by atoms with Crippen molar-refractivity contribution in [3.63, 3.8) is 0 Å². The third kappa shape index (κ3) is 4.87. The van der Waals surface area contributed by atoms with E-state index in [0.717, 1.165) is 0 Å². The van der Waals surface area contributed by atoms with Gasteiger partial charge in [0.2, 0.25) is 0 Å². The largest absolute Gasteiger partial charge is 0.0622 e. The molecule has 0 heteroatoms. The molecule has 0 saturated heterocycles. The number of fused-ring (bicyclic) bond motifs is 5. The monoisotopic (exact) mass is 608 g/mol. The Labute approximate surface area is 280 Å². The summed E-state index contributed by atoms with van der Waals surface area (Å²) in [5.41, 5.74) is 9.92. The van der Waals surface area contributed by atoms with Gasteiger partial charge in [-0.05, 0) is 93.7 Å². The standard InChI is InChI=1S/C48H32/c1-2-12-35(13-3-1)36-28-24-33(25-29-36)22-23-34-26-30-37(31-27-34)47-42-18-8-10-20-44(42)48(45-21-11-9-19-43(45)47)46-32-38-14-4-5-15-39(38)40-16-6-7-17-41(40)46/h1-32H/b23-22+. The Hall–Kier alpha value is -6.24. The van der Waals surface area contributed by atoms with Crippen molar-refractivity contribution in [1.29, 1.82) is 0 Å². The second kappa shape index (κ2) is 11.8. The van der Waals surface area contributed by atoms with Crippen LogP contribution in [0, 0.1) is 0 Å². The normalized spacial score (nSPS) is 11.7. The summed E-state index contributed by atoms with van der Waals surface area (Å²) in [5, 5.41) is 10.2. The molecule has 0 aromatic heterocycles. The van der Waals surface area contributed by atoms with E-state index in [2.05, 4.69) is 194 Å². The summed E-state index contributed by atoms with van der Waals surface area (Å²) in [7, 11) is 0. The molecule has 0 amide bonds. The van der Waals surface area contributed by atoms with Crippen molar-refractivity contribution < 1.29 is 0 Å². The van der Waals surface area contributed by atoms with E-state index in [1.165, 1.54) is 87.6 Å². The van der Waals surface area contributed by atoms with Crippen LogP contribution in [-0.2, 0) is 0 Å². The van der Waals surface area contributed by atoms with Crippen molar-refractivity contribution in [1.82, 2.24) is 0 Å². The van der Waals surface area contributed by atoms with Gasteiger partial charge >= 0.3 is 0 Å². The van der Waals surface area contributed by atoms with Crippen molar-refractivity contribution in [2.24, 2.45) is 0 Å². The van der Waals surface area contributed by atoms with Gasteiger partial charge in [0, 0.05) is 0 Å². The van der Waals surface area contributed by atoms with E-state index in [-0.39, 0.29) is 0 Å². The molecule has 0 saturated carbocycles. The minimum atomic E-state index is 1.18. The molecule has 0 spiro atoms. The molecular weight excluding hydrogens is 577 g/mol. The third-order valence-corrected chi connectivity index (χ3v) is 9.65. The van der Waals surface area contributed by atoms with Crippen LogP contribution in [0.5, 0.6) is 0 Å². The van der Waals surface area contributed by atoms with E-state index in [9.17, 15) is 0 Å². The minimum absolute atomic E-state index is 1.18. The SMILES string of the molecule is C(=C\c1ccc(-c2c3ccccc3c(-c3cc4ccccc4c4ccccc34)c3ccccc23)cc1)/c1ccc(-c2ccccc2)cc1. The summed E-state index contributed by atoms with van der Waals surface area (Å²) in [6.07, 6.45) is 4.39. The molecule has 0 aliphatic rings. The van der Waals surface area contributed by atoms with Gasteiger partial charge in [0.15, 0.2) is 0 Å². The smallest absolute Gasteiger partial charge is 0.00199 e. The first kappa shape index (κ1) is 28.0. The van der Waals surface area contributed by atoms with Crippen LogP contribution < -0.4 is 0 Å². The molecule has 0 bridgehead atoms. The number of hydrogen-bond donors (Lipinski definition) is 0. The summed E-state index contributed by atoms with van der Waals surface area (Å²) >= 11 is 0. The Kier molecular flexibility index (Phi) is 6.91. The quantitative estimate of drug-likeness (QED) is 0.104. The van der Waals surface area contributed by atoms with Gasteiger partial charge in [-0.25, -0.2) is 0 Å². The maximum atomic E-state index is 2.39. The van der Waals surface area contributed by atoms with E-state index >= 15 is 0 Å². The second-order valence-electron chi connectivity index (χ2n) is 12.5. The van der Waals surface area contributed by atoms with Gasteiger partial charge in [0.1, 0.15) is 0 Å². The molecule has 9 rings (SSSR count). The van der Waals surface area contributed by atoms with Crippen molar-refractivity contribution in [3.8, 4) is 33.4 Å². The predicted octanol–water partition coefficient (Wildman–Crippen LogP) is 13.5. The number of hydrogen-bond acceptors (Lipinski definition) is 0. The van der Waals surface area contributed by atoms with Gasteiger partial charge in [-0.15, -0.1) is 0 Å². The fourth-order valence-corrected chi connectivity index (χ4v) is 7.36. The lowest BCUT2D eigenvalue weighted by atomic mass is 9.84. The molecule has 0 unspecified atom stereocenters. The molecule has 0 N–H and O–H groups in total. The second-order valence-corrected chi connectivity index (χ2v) is 12.5. The van der Waals surface area contributed by atoms with Crippen molar-refractivity contribution in [2.45, 2.75) is 0 Å². The first-order chi connectivity index (χ1) is 23.8. The summed E-state index contributed by atoms with van der Waals surface area (Å²) in [6, 6.07) is 66.1. The molecule has 0 aliphatic carbocycles. The molecule has 0 fully saturated rings. The van der Waals surface area contributed by atoms with Crippen LogP contribution in [0.3, 0.4) is 0 Å². The van der Waals surface area contributed by atoms with E-state index in [0.29, 0.717) is 0 Å². The predicted molar refractivity (Wildman–Crippen MR) is 208 cm³/mol. The molecule has 224 valence electrons. The highest BCUT2D eigenvalue weighted by atomic mass is 14.2. The first-order valence-corrected chi connectivity index (χ1v) is 16.6. The Morgan fingerprint density at radius 2 is 0.688 bits per heavy atom. The Bertz CT molecular complexity index is 2570. The summed E-state index contributed by atoms with van der Waals surface area (Å²) in [4.78, 5) is 0. The molecule has 0 heterocycles. The van der Waals surface area contributed by atoms with Gasteiger partial charge in [-0.3, -0.25) is 0 Å². The lowest BCUT2D eigenvalue weighted by Crippen LogP contribution is -1.92. The van der Waals surface area contributed by atoms with Crippen LogP contribution in [0.1, 0.15) is 11.1 Å². The Morgan fingerprint density at radius 3 is 1.27 bits per heavy atom. The highest BCUT2D eigenvalue weighted by Crippen LogP contribution is 2.46. The van der Waals surface area contributed by atoms with Crippen LogP contribution in [0.2, 0.25) is 0 Å². The fraction of sp³-hybridized carbons (Fsp3) is 0. The van der Waals surface area contributed by atoms with E-state index in [1.807, 2.05) is 0 Å². The van der Waals surface area contributed by atoms with Crippen molar-refractivity contribution >= 4 is 55.2 Å². The number of rotatable bonds is 5. The molecule has 9 aromatic carbocycles. The maximum Gasteiger partial charge on any atom is -0.00199 e. The molecule has 0 nitrogen and oxygen atoms in total. The van der Waals surface area contributed by atoms with E-state index in [4.69, 9.17) is 0 Å². The van der Waals surface area contributed by atoms with E-state index < -0.39 is 0 Å². The lowest BCUT2D eigenvalue weighted by molar-refractivity contribution is 1.60. The van der Waals surface area contributed by atoms with Crippen LogP contribution in [0.4, 0.5) is 0 Å². The van der Waals surface area contributed by atoms with E-state index in [1.54, 1.807) is 0 Å². The summed E-state index contributed by atoms with van der Waals surface area (Å²) in [6.45, 7) is 0. The summed E-state index contributed by atoms with van der Waals surface area (Å²) < 4.78 is 0. The van der Waals surface area contributed by atoms with Crippen LogP contribution >= 0.6 is 0 Å². The molecule has 48 heavy (non-hydrogen) atoms. The molecule has 0 atom stereocenters. The zero-order chi connectivity index (χ0) is 31.9. The van der Waals surface area contributed by atoms with Gasteiger partial charge in [0.05, 0.1) is 0 Å². The van der Waals surface area contributed by atoms with Gasteiger partial charge in [-0.1, -0.05) is 188 Å². The average molecular weight is 609 g/mol. The fourth-order valence-electron chi connectivity index (χ4n) is 7.36. The van der Waals surface area contributed by atoms with Crippen LogP contribution in [0.15, 0.2) is 182 Å². The number of benzene rings is 9. The minimum Gasteiger partial charge on any atom is -0.0622 e. The molecule has 9 aromatic rings. The van der Waals surface area contributed by atoms with Crippen LogP contribution in [-0.4, -0.2) is 0 Å². The average Bonchev–Trinajstić information content (AvgIpc) is 3.17. The molecule has 0 radical (unpaired) electrons. The Morgan fingerprint density at radius 1 is 0.271 bits per heavy atom. The van der Waals surface area contributed by atoms with Crippen molar-refractivity contribution in [2.75, 3.05) is 0 Å². The Balaban J connectivity index is 1.15. The van der Waals surface area contributed by atoms with Gasteiger partial charge in [0.25, 0.3) is 0 Å². The van der Waals surface area contributed by atoms with Crippen molar-refractivity contribution in [3.05, 3.63) is 193 Å². The maximum absolute atomic E-state index is 2.39. The highest BCUT2D eigenvalue weighted by Gasteiger charge is 2.18. The molecular formula is C48H32. The topological polar surface area (TPSA) is 0 Å². The zero-order valence-corrected chi connectivity index (χ0v) is 26.5. The van der Waals surface area contributed by atoms with Crippen LogP contribution in [0.25, 0.3) is 88.6 Å². The lowest BCUT2D eigenvalue weighted by Gasteiger charge is -2.19. The summed E-state index contributed by atoms with van der Waals surface area (Å²) in [5.74, 6) is 0. The third-order valence-electron chi connectivity index (χ3n) is 9.65. The first-order valence-electron chi connectivity index (χ1n) is 16.6. The zero-order valence-electron chi connectivity index (χ0n) is 26.5.